The molecule has 0 saturated heterocycles. The summed E-state index contributed by atoms with van der Waals surface area (Å²) in [6.07, 6.45) is -0.388. The van der Waals surface area contributed by atoms with Crippen LogP contribution < -0.4 is 15.4 Å². The van der Waals surface area contributed by atoms with E-state index in [2.05, 4.69) is 15.7 Å². The molecule has 18 heavy (non-hydrogen) atoms. The molecule has 0 aromatic carbocycles. The minimum Gasteiger partial charge on any atom is -0.481 e. The van der Waals surface area contributed by atoms with E-state index in [4.69, 9.17) is 9.84 Å². The minimum atomic E-state index is -0.388. The van der Waals surface area contributed by atoms with Crippen LogP contribution in [0.1, 0.15) is 17.4 Å². The van der Waals surface area contributed by atoms with Gasteiger partial charge in [0.25, 0.3) is 5.91 Å². The summed E-state index contributed by atoms with van der Waals surface area (Å²) < 4.78 is 6.53. The largest absolute Gasteiger partial charge is 0.481 e. The van der Waals surface area contributed by atoms with E-state index in [9.17, 15) is 4.79 Å². The van der Waals surface area contributed by atoms with Crippen LogP contribution in [0.25, 0.3) is 0 Å². The number of methoxy groups -OCH3 is 1. The number of aryl methyl sites for hydroxylation is 1. The Balaban J connectivity index is 2.32. The van der Waals surface area contributed by atoms with E-state index in [1.165, 1.54) is 11.8 Å². The lowest BCUT2D eigenvalue weighted by Gasteiger charge is -2.07. The van der Waals surface area contributed by atoms with E-state index < -0.39 is 0 Å². The summed E-state index contributed by atoms with van der Waals surface area (Å²) in [5, 5.41) is 18.8. The van der Waals surface area contributed by atoms with Gasteiger partial charge in [0.1, 0.15) is 0 Å². The van der Waals surface area contributed by atoms with Gasteiger partial charge in [-0.2, -0.15) is 5.10 Å². The van der Waals surface area contributed by atoms with Gasteiger partial charge in [-0.3, -0.25) is 4.79 Å². The maximum absolute atomic E-state index is 11.7. The van der Waals surface area contributed by atoms with E-state index in [0.717, 1.165) is 0 Å². The Morgan fingerprint density at radius 1 is 1.61 bits per heavy atom. The number of carbonyl (C=O) groups excluding carboxylic acids is 1. The average Bonchev–Trinajstić information content (AvgIpc) is 2.69. The molecule has 0 radical (unpaired) electrons. The number of aromatic nitrogens is 2. The van der Waals surface area contributed by atoms with Crippen LogP contribution in [0.2, 0.25) is 0 Å². The fourth-order valence-corrected chi connectivity index (χ4v) is 1.42. The minimum absolute atomic E-state index is 0.243. The lowest BCUT2D eigenvalue weighted by atomic mass is 10.4. The summed E-state index contributed by atoms with van der Waals surface area (Å²) in [6, 6.07) is 1.58. The molecule has 1 rings (SSSR count). The molecule has 0 spiro atoms. The Labute approximate surface area is 106 Å². The third-order valence-corrected chi connectivity index (χ3v) is 2.31. The maximum atomic E-state index is 11.7. The van der Waals surface area contributed by atoms with Crippen molar-refractivity contribution in [3.8, 4) is 5.88 Å². The van der Waals surface area contributed by atoms with E-state index in [1.54, 1.807) is 20.0 Å². The predicted octanol–water partition coefficient (Wildman–Crippen LogP) is -0.871. The fraction of sp³-hybridized carbons (Fsp3) is 0.636. The molecule has 1 amide bonds. The van der Waals surface area contributed by atoms with Gasteiger partial charge in [-0.1, -0.05) is 0 Å². The molecule has 1 aromatic rings. The van der Waals surface area contributed by atoms with Gasteiger partial charge < -0.3 is 20.5 Å². The zero-order valence-corrected chi connectivity index (χ0v) is 10.9. The van der Waals surface area contributed by atoms with Gasteiger partial charge in [0.05, 0.1) is 13.2 Å². The monoisotopic (exact) mass is 256 g/mol. The van der Waals surface area contributed by atoms with Crippen LogP contribution in [0, 0.1) is 0 Å². The third-order valence-electron chi connectivity index (χ3n) is 2.31. The molecule has 0 saturated carbocycles. The van der Waals surface area contributed by atoms with Crippen LogP contribution in [-0.4, -0.2) is 53.6 Å². The molecule has 7 heteroatoms. The van der Waals surface area contributed by atoms with Gasteiger partial charge in [-0.05, 0) is 6.92 Å². The van der Waals surface area contributed by atoms with Crippen molar-refractivity contribution in [2.45, 2.75) is 13.0 Å². The summed E-state index contributed by atoms with van der Waals surface area (Å²) >= 11 is 0. The van der Waals surface area contributed by atoms with E-state index in [-0.39, 0.29) is 12.0 Å². The highest BCUT2D eigenvalue weighted by atomic mass is 16.5. The summed E-state index contributed by atoms with van der Waals surface area (Å²) in [4.78, 5) is 11.7. The van der Waals surface area contributed by atoms with Gasteiger partial charge in [-0.15, -0.1) is 0 Å². The molecular weight excluding hydrogens is 236 g/mol. The van der Waals surface area contributed by atoms with Gasteiger partial charge in [0.15, 0.2) is 5.69 Å². The van der Waals surface area contributed by atoms with E-state index in [0.29, 0.717) is 31.2 Å². The summed E-state index contributed by atoms with van der Waals surface area (Å²) in [6.45, 7) is 3.28. The molecule has 1 unspecified atom stereocenters. The first-order valence-electron chi connectivity index (χ1n) is 5.79. The number of hydrogen-bond donors (Lipinski definition) is 3. The van der Waals surface area contributed by atoms with Crippen LogP contribution >= 0.6 is 0 Å². The molecule has 0 aliphatic carbocycles. The molecule has 1 aromatic heterocycles. The first-order chi connectivity index (χ1) is 8.54. The van der Waals surface area contributed by atoms with Gasteiger partial charge in [-0.25, -0.2) is 4.68 Å². The second-order valence-electron chi connectivity index (χ2n) is 4.00. The summed E-state index contributed by atoms with van der Waals surface area (Å²) in [5.74, 6) is 0.292. The van der Waals surface area contributed by atoms with Crippen molar-refractivity contribution in [3.05, 3.63) is 11.8 Å². The van der Waals surface area contributed by atoms with Gasteiger partial charge in [0, 0.05) is 32.7 Å². The summed E-state index contributed by atoms with van der Waals surface area (Å²) in [7, 11) is 3.23. The zero-order chi connectivity index (χ0) is 13.5. The van der Waals surface area contributed by atoms with Crippen LogP contribution in [0.4, 0.5) is 0 Å². The SMILES string of the molecule is COc1cc(C(=O)NCCNCC(C)O)nn1C. The number of nitrogens with one attached hydrogen (secondary N) is 2. The predicted molar refractivity (Wildman–Crippen MR) is 66.6 cm³/mol. The second-order valence-corrected chi connectivity index (χ2v) is 4.00. The van der Waals surface area contributed by atoms with Crippen LogP contribution in [0.5, 0.6) is 5.88 Å². The highest BCUT2D eigenvalue weighted by molar-refractivity contribution is 5.92. The Bertz CT molecular complexity index is 390. The van der Waals surface area contributed by atoms with Crippen molar-refractivity contribution >= 4 is 5.91 Å². The second kappa shape index (κ2) is 6.97. The normalized spacial score (nSPS) is 12.2. The van der Waals surface area contributed by atoms with Crippen LogP contribution in [0.3, 0.4) is 0 Å². The number of hydrogen-bond acceptors (Lipinski definition) is 5. The molecule has 0 aliphatic rings. The molecule has 0 bridgehead atoms. The summed E-state index contributed by atoms with van der Waals surface area (Å²) in [5.41, 5.74) is 0.324. The molecule has 1 heterocycles. The van der Waals surface area contributed by atoms with E-state index >= 15 is 0 Å². The van der Waals surface area contributed by atoms with Crippen molar-refractivity contribution in [2.24, 2.45) is 7.05 Å². The Morgan fingerprint density at radius 3 is 2.89 bits per heavy atom. The lowest BCUT2D eigenvalue weighted by Crippen LogP contribution is -2.34. The van der Waals surface area contributed by atoms with E-state index in [1.807, 2.05) is 0 Å². The highest BCUT2D eigenvalue weighted by Crippen LogP contribution is 2.10. The van der Waals surface area contributed by atoms with Crippen molar-refractivity contribution in [3.63, 3.8) is 0 Å². The smallest absolute Gasteiger partial charge is 0.271 e. The Kier molecular flexibility index (Phi) is 5.60. The molecule has 0 fully saturated rings. The Hall–Kier alpha value is -1.60. The van der Waals surface area contributed by atoms with Gasteiger partial charge in [0.2, 0.25) is 5.88 Å². The molecule has 102 valence electrons. The number of aliphatic hydroxyl groups excluding tert-OH is 1. The fourth-order valence-electron chi connectivity index (χ4n) is 1.42. The number of carbonyl (C=O) groups is 1. The standard InChI is InChI=1S/C11H20N4O3/c1-8(16)7-12-4-5-13-11(17)9-6-10(18-3)15(2)14-9/h6,8,12,16H,4-5,7H2,1-3H3,(H,13,17). The average molecular weight is 256 g/mol. The number of amides is 1. The molecule has 1 atom stereocenters. The topological polar surface area (TPSA) is 88.4 Å². The number of nitrogens with zero attached hydrogens (tertiary/aromatic N) is 2. The number of ether oxygens (including phenoxy) is 1. The highest BCUT2D eigenvalue weighted by Gasteiger charge is 2.12. The zero-order valence-electron chi connectivity index (χ0n) is 10.9. The first-order valence-corrected chi connectivity index (χ1v) is 5.79. The van der Waals surface area contributed by atoms with Crippen molar-refractivity contribution in [1.29, 1.82) is 0 Å². The lowest BCUT2D eigenvalue weighted by molar-refractivity contribution is 0.0948. The van der Waals surface area contributed by atoms with Crippen molar-refractivity contribution in [2.75, 3.05) is 26.7 Å². The van der Waals surface area contributed by atoms with Crippen molar-refractivity contribution < 1.29 is 14.6 Å². The number of rotatable bonds is 7. The quantitative estimate of drug-likeness (QED) is 0.552. The van der Waals surface area contributed by atoms with Gasteiger partial charge >= 0.3 is 0 Å². The molecule has 3 N–H and O–H groups in total. The third kappa shape index (κ3) is 4.34. The Morgan fingerprint density at radius 2 is 2.33 bits per heavy atom. The molecule has 0 aliphatic heterocycles. The van der Waals surface area contributed by atoms with Crippen LogP contribution in [-0.2, 0) is 7.05 Å². The van der Waals surface area contributed by atoms with Crippen LogP contribution in [0.15, 0.2) is 6.07 Å². The maximum Gasteiger partial charge on any atom is 0.271 e. The van der Waals surface area contributed by atoms with Crippen molar-refractivity contribution in [1.82, 2.24) is 20.4 Å². The number of aliphatic hydroxyl groups is 1. The molecule has 7 nitrogen and oxygen atoms in total. The first kappa shape index (κ1) is 14.5. The molecular formula is C11H20N4O3.